The average Bonchev–Trinajstić information content (AvgIpc) is 2.85. The fraction of sp³-hybridized carbons (Fsp3) is 0.167. The monoisotopic (exact) mass is 260 g/mol. The molecule has 0 aliphatic heterocycles. The van der Waals surface area contributed by atoms with Crippen molar-refractivity contribution in [3.05, 3.63) is 41.2 Å². The Morgan fingerprint density at radius 1 is 1.47 bits per heavy atom. The van der Waals surface area contributed by atoms with E-state index < -0.39 is 5.91 Å². The van der Waals surface area contributed by atoms with E-state index in [-0.39, 0.29) is 5.69 Å². The number of hydrogen-bond acceptors (Lipinski definition) is 6. The van der Waals surface area contributed by atoms with Crippen LogP contribution >= 0.6 is 0 Å². The van der Waals surface area contributed by atoms with E-state index in [1.165, 1.54) is 6.21 Å². The summed E-state index contributed by atoms with van der Waals surface area (Å²) in [5.41, 5.74) is 3.66. The van der Waals surface area contributed by atoms with Crippen molar-refractivity contribution < 1.29 is 14.2 Å². The number of aromatic nitrogens is 2. The first-order chi connectivity index (χ1) is 9.20. The van der Waals surface area contributed by atoms with Gasteiger partial charge in [-0.15, -0.1) is 0 Å². The van der Waals surface area contributed by atoms with Crippen LogP contribution in [0.3, 0.4) is 0 Å². The molecule has 0 aliphatic rings. The van der Waals surface area contributed by atoms with Crippen molar-refractivity contribution in [1.82, 2.24) is 15.7 Å². The summed E-state index contributed by atoms with van der Waals surface area (Å²) in [6.07, 6.45) is 1.50. The third-order valence-electron chi connectivity index (χ3n) is 2.34. The van der Waals surface area contributed by atoms with Crippen molar-refractivity contribution in [3.8, 4) is 5.75 Å². The molecule has 1 aromatic carbocycles. The highest BCUT2D eigenvalue weighted by molar-refractivity contribution is 5.93. The van der Waals surface area contributed by atoms with Crippen LogP contribution in [0.5, 0.6) is 5.75 Å². The zero-order chi connectivity index (χ0) is 13.7. The maximum Gasteiger partial charge on any atom is 0.295 e. The maximum absolute atomic E-state index is 11.6. The van der Waals surface area contributed by atoms with Gasteiger partial charge in [0.2, 0.25) is 0 Å². The van der Waals surface area contributed by atoms with Crippen LogP contribution in [0.15, 0.2) is 34.0 Å². The summed E-state index contributed by atoms with van der Waals surface area (Å²) in [7, 11) is 1.58. The molecule has 7 heteroatoms. The fourth-order valence-electron chi connectivity index (χ4n) is 1.38. The van der Waals surface area contributed by atoms with Crippen LogP contribution in [0.2, 0.25) is 0 Å². The van der Waals surface area contributed by atoms with E-state index >= 15 is 0 Å². The predicted molar refractivity (Wildman–Crippen MR) is 67.1 cm³/mol. The average molecular weight is 260 g/mol. The first kappa shape index (κ1) is 12.7. The highest BCUT2D eigenvalue weighted by Crippen LogP contribution is 2.10. The molecule has 1 aromatic heterocycles. The van der Waals surface area contributed by atoms with Crippen LogP contribution in [-0.2, 0) is 0 Å². The minimum absolute atomic E-state index is 0.114. The zero-order valence-electron chi connectivity index (χ0n) is 10.5. The molecule has 0 unspecified atom stereocenters. The molecule has 0 aliphatic carbocycles. The van der Waals surface area contributed by atoms with Crippen LogP contribution in [0.1, 0.15) is 21.7 Å². The molecule has 1 N–H and O–H groups in total. The summed E-state index contributed by atoms with van der Waals surface area (Å²) in [4.78, 5) is 11.6. The van der Waals surface area contributed by atoms with E-state index in [0.29, 0.717) is 11.4 Å². The number of methoxy groups -OCH3 is 1. The second-order valence-electron chi connectivity index (χ2n) is 3.67. The summed E-state index contributed by atoms with van der Waals surface area (Å²) >= 11 is 0. The molecule has 1 amide bonds. The molecule has 0 fully saturated rings. The Kier molecular flexibility index (Phi) is 3.87. The largest absolute Gasteiger partial charge is 0.497 e. The number of nitrogens with zero attached hydrogens (tertiary/aromatic N) is 3. The van der Waals surface area contributed by atoms with Crippen molar-refractivity contribution >= 4 is 12.1 Å². The van der Waals surface area contributed by atoms with Gasteiger partial charge in [0, 0.05) is 0 Å². The van der Waals surface area contributed by atoms with Gasteiger partial charge in [-0.3, -0.25) is 4.79 Å². The Morgan fingerprint density at radius 3 is 3.00 bits per heavy atom. The number of ether oxygens (including phenoxy) is 1. The van der Waals surface area contributed by atoms with Gasteiger partial charge < -0.3 is 4.74 Å². The first-order valence-corrected chi connectivity index (χ1v) is 5.47. The van der Waals surface area contributed by atoms with E-state index in [1.54, 1.807) is 20.1 Å². The lowest BCUT2D eigenvalue weighted by atomic mass is 10.2. The van der Waals surface area contributed by atoms with E-state index in [0.717, 1.165) is 5.56 Å². The zero-order valence-corrected chi connectivity index (χ0v) is 10.5. The standard InChI is InChI=1S/C12H12N4O3/c1-8-11(16-19-15-8)12(17)14-13-7-9-4-3-5-10(6-9)18-2/h3-7H,1-2H3,(H,14,17). The second kappa shape index (κ2) is 5.76. The molecule has 0 saturated carbocycles. The minimum atomic E-state index is -0.474. The molecule has 0 spiro atoms. The van der Waals surface area contributed by atoms with Gasteiger partial charge in [-0.1, -0.05) is 17.3 Å². The molecule has 0 bridgehead atoms. The van der Waals surface area contributed by atoms with Crippen molar-refractivity contribution in [3.63, 3.8) is 0 Å². The van der Waals surface area contributed by atoms with Gasteiger partial charge in [0.1, 0.15) is 11.4 Å². The normalized spacial score (nSPS) is 10.6. The molecular weight excluding hydrogens is 248 g/mol. The Hall–Kier alpha value is -2.70. The predicted octanol–water partition coefficient (Wildman–Crippen LogP) is 1.15. The van der Waals surface area contributed by atoms with E-state index in [4.69, 9.17) is 4.74 Å². The number of benzene rings is 1. The van der Waals surface area contributed by atoms with E-state index in [1.807, 2.05) is 18.2 Å². The summed E-state index contributed by atoms with van der Waals surface area (Å²) in [5, 5.41) is 10.8. The van der Waals surface area contributed by atoms with Gasteiger partial charge in [0.15, 0.2) is 5.69 Å². The number of rotatable bonds is 4. The van der Waals surface area contributed by atoms with Crippen LogP contribution < -0.4 is 10.2 Å². The van der Waals surface area contributed by atoms with Crippen LogP contribution in [0.4, 0.5) is 0 Å². The van der Waals surface area contributed by atoms with Gasteiger partial charge >= 0.3 is 0 Å². The Morgan fingerprint density at radius 2 is 2.32 bits per heavy atom. The van der Waals surface area contributed by atoms with Gasteiger partial charge in [-0.25, -0.2) is 10.1 Å². The molecule has 98 valence electrons. The molecule has 1 heterocycles. The topological polar surface area (TPSA) is 89.6 Å². The van der Waals surface area contributed by atoms with Crippen LogP contribution in [-0.4, -0.2) is 29.5 Å². The number of hydrogen-bond donors (Lipinski definition) is 1. The molecule has 19 heavy (non-hydrogen) atoms. The van der Waals surface area contributed by atoms with Crippen molar-refractivity contribution in [1.29, 1.82) is 0 Å². The third-order valence-corrected chi connectivity index (χ3v) is 2.34. The molecule has 0 atom stereocenters. The SMILES string of the molecule is COc1cccc(C=NNC(=O)c2nonc2C)c1. The third kappa shape index (κ3) is 3.15. The summed E-state index contributed by atoms with van der Waals surface area (Å²) in [5.74, 6) is 0.240. The minimum Gasteiger partial charge on any atom is -0.497 e. The van der Waals surface area contributed by atoms with Gasteiger partial charge in [0.05, 0.1) is 13.3 Å². The number of carbonyl (C=O) groups is 1. The molecule has 7 nitrogen and oxygen atoms in total. The van der Waals surface area contributed by atoms with Crippen molar-refractivity contribution in [2.24, 2.45) is 5.10 Å². The molecule has 0 radical (unpaired) electrons. The number of nitrogens with one attached hydrogen (secondary N) is 1. The Labute approximate surface area is 109 Å². The lowest BCUT2D eigenvalue weighted by molar-refractivity contribution is 0.0945. The number of amides is 1. The first-order valence-electron chi connectivity index (χ1n) is 5.47. The highest BCUT2D eigenvalue weighted by Gasteiger charge is 2.13. The lowest BCUT2D eigenvalue weighted by Crippen LogP contribution is -2.19. The summed E-state index contributed by atoms with van der Waals surface area (Å²) in [6, 6.07) is 7.27. The van der Waals surface area contributed by atoms with Crippen molar-refractivity contribution in [2.45, 2.75) is 6.92 Å². The van der Waals surface area contributed by atoms with Crippen LogP contribution in [0, 0.1) is 6.92 Å². The highest BCUT2D eigenvalue weighted by atomic mass is 16.6. The van der Waals surface area contributed by atoms with E-state index in [2.05, 4.69) is 25.5 Å². The Balaban J connectivity index is 2.00. The van der Waals surface area contributed by atoms with E-state index in [9.17, 15) is 4.79 Å². The number of carbonyl (C=O) groups excluding carboxylic acids is 1. The number of aryl methyl sites for hydroxylation is 1. The Bertz CT molecular complexity index is 607. The second-order valence-corrected chi connectivity index (χ2v) is 3.67. The summed E-state index contributed by atoms with van der Waals surface area (Å²) < 4.78 is 9.51. The quantitative estimate of drug-likeness (QED) is 0.658. The molecular formula is C12H12N4O3. The van der Waals surface area contributed by atoms with Gasteiger partial charge in [0.25, 0.3) is 5.91 Å². The van der Waals surface area contributed by atoms with Gasteiger partial charge in [-0.2, -0.15) is 5.10 Å². The number of hydrazone groups is 1. The van der Waals surface area contributed by atoms with Crippen molar-refractivity contribution in [2.75, 3.05) is 7.11 Å². The molecule has 2 aromatic rings. The fourth-order valence-corrected chi connectivity index (χ4v) is 1.38. The lowest BCUT2D eigenvalue weighted by Gasteiger charge is -1.99. The van der Waals surface area contributed by atoms with Gasteiger partial charge in [-0.05, 0) is 29.8 Å². The van der Waals surface area contributed by atoms with Crippen LogP contribution in [0.25, 0.3) is 0 Å². The summed E-state index contributed by atoms with van der Waals surface area (Å²) in [6.45, 7) is 1.62. The molecule has 2 rings (SSSR count). The maximum atomic E-state index is 11.6. The smallest absolute Gasteiger partial charge is 0.295 e. The molecule has 0 saturated heterocycles.